The van der Waals surface area contributed by atoms with Gasteiger partial charge in [-0.05, 0) is 24.7 Å². The maximum Gasteiger partial charge on any atom is 0.367 e. The number of hydrogen-bond acceptors (Lipinski definition) is 14. The van der Waals surface area contributed by atoms with Crippen molar-refractivity contribution < 1.29 is 34.4 Å². The van der Waals surface area contributed by atoms with Gasteiger partial charge in [0.25, 0.3) is 0 Å². The molecule has 16 heteroatoms. The van der Waals surface area contributed by atoms with Gasteiger partial charge in [-0.15, -0.1) is 34.0 Å². The number of carbonyl (C=O) groups is 3. The molecule has 0 aliphatic carbocycles. The zero-order valence-electron chi connectivity index (χ0n) is 34.8. The number of methoxy groups -OCH3 is 2. The van der Waals surface area contributed by atoms with E-state index in [4.69, 9.17) is 14.8 Å². The predicted molar refractivity (Wildman–Crippen MR) is 238 cm³/mol. The Hall–Kier alpha value is -2.31. The summed E-state index contributed by atoms with van der Waals surface area (Å²) in [6, 6.07) is 0. The number of carboxylic acids is 1. The Bertz CT molecular complexity index is 1640. The van der Waals surface area contributed by atoms with E-state index in [1.807, 2.05) is 40.0 Å². The third-order valence-electron chi connectivity index (χ3n) is 8.43. The molecule has 0 unspecified atom stereocenters. The number of aromatic nitrogens is 4. The van der Waals surface area contributed by atoms with Gasteiger partial charge in [0.2, 0.25) is 10.0 Å². The third-order valence-corrected chi connectivity index (χ3v) is 27.4. The molecule has 4 aromatic rings. The summed E-state index contributed by atoms with van der Waals surface area (Å²) in [7, 11) is 2.80. The number of nitrogens with zero attached hydrogens (tertiary/aromatic N) is 4. The van der Waals surface area contributed by atoms with Crippen LogP contribution in [0.5, 0.6) is 0 Å². The number of carbonyl (C=O) groups excluding carboxylic acids is 2. The van der Waals surface area contributed by atoms with E-state index in [1.54, 1.807) is 16.7 Å². The van der Waals surface area contributed by atoms with Crippen molar-refractivity contribution in [1.29, 1.82) is 0 Å². The van der Waals surface area contributed by atoms with Crippen molar-refractivity contribution in [3.05, 3.63) is 58.6 Å². The molecule has 4 aromatic heterocycles. The number of unbranched alkanes of at least 4 members (excludes halogenated alkanes) is 3. The predicted octanol–water partition coefficient (Wildman–Crippen LogP) is 12.0. The molecule has 318 valence electrons. The van der Waals surface area contributed by atoms with Crippen LogP contribution in [0.3, 0.4) is 0 Å². The normalized spacial score (nSPS) is 10.6. The minimum Gasteiger partial charge on any atom is -0.870 e. The molecular formula is C40H67N4O7S4Sn-. The quantitative estimate of drug-likeness (QED) is 0.0837. The van der Waals surface area contributed by atoms with Gasteiger partial charge in [-0.2, -0.15) is 0 Å². The molecular weight excluding hydrogens is 895 g/mol. The summed E-state index contributed by atoms with van der Waals surface area (Å²) in [5.74, 6) is -0.333. The maximum absolute atomic E-state index is 11.7. The minimum absolute atomic E-state index is 0. The van der Waals surface area contributed by atoms with Crippen LogP contribution in [-0.4, -0.2) is 81.0 Å². The molecule has 11 nitrogen and oxygen atoms in total. The van der Waals surface area contributed by atoms with E-state index in [9.17, 15) is 14.4 Å². The van der Waals surface area contributed by atoms with E-state index in [2.05, 4.69) is 65.1 Å². The van der Waals surface area contributed by atoms with Gasteiger partial charge in [0.15, 0.2) is 0 Å². The summed E-state index contributed by atoms with van der Waals surface area (Å²) in [6.07, 6.45) is 7.71. The number of aryl methyl sites for hydroxylation is 1. The summed E-state index contributed by atoms with van der Waals surface area (Å²) < 4.78 is 14.9. The average molecular weight is 963 g/mol. The molecule has 2 N–H and O–H groups in total. The van der Waals surface area contributed by atoms with E-state index in [0.717, 1.165) is 11.4 Å². The van der Waals surface area contributed by atoms with Crippen LogP contribution in [0, 0.1) is 6.92 Å². The van der Waals surface area contributed by atoms with E-state index < -0.39 is 24.3 Å². The van der Waals surface area contributed by atoms with Crippen molar-refractivity contribution in [2.75, 3.05) is 14.2 Å². The molecule has 0 aliphatic heterocycles. The van der Waals surface area contributed by atoms with Crippen molar-refractivity contribution >= 4 is 85.3 Å². The number of aromatic carboxylic acids is 1. The molecule has 0 atom stereocenters. The fraction of sp³-hybridized carbons (Fsp3) is 0.625. The largest absolute Gasteiger partial charge is 0.870 e. The molecule has 0 amide bonds. The molecule has 0 fully saturated rings. The first kappa shape index (κ1) is 55.8. The van der Waals surface area contributed by atoms with Gasteiger partial charge in [0, 0.05) is 16.1 Å². The topological polar surface area (TPSA) is 171 Å². The first-order chi connectivity index (χ1) is 25.6. The SMILES string of the molecule is C.CC(C)c1csc(C(=O)O)n1.CCC[CH2][Sn]([CH2]CCC)([CH2]CCC)[c]1csc(C(=O)OC)n1.COC(=O)c1nc(C(C)C)cs1.Cc1nc(C(C)C)cs1.[OH-]. The van der Waals surface area contributed by atoms with Crippen molar-refractivity contribution in [1.82, 2.24) is 19.9 Å². The van der Waals surface area contributed by atoms with Gasteiger partial charge in [0.05, 0.1) is 29.2 Å². The van der Waals surface area contributed by atoms with Gasteiger partial charge in [-0.3, -0.25) is 0 Å². The van der Waals surface area contributed by atoms with Crippen LogP contribution >= 0.6 is 45.3 Å². The second-order valence-corrected chi connectivity index (χ2v) is 30.5. The molecule has 4 rings (SSSR count). The van der Waals surface area contributed by atoms with Crippen molar-refractivity contribution in [2.24, 2.45) is 0 Å². The number of rotatable bonds is 16. The molecule has 0 radical (unpaired) electrons. The molecule has 0 saturated carbocycles. The first-order valence-electron chi connectivity index (χ1n) is 18.8. The Morgan fingerprint density at radius 3 is 1.29 bits per heavy atom. The average Bonchev–Trinajstić information content (AvgIpc) is 3.99. The Kier molecular flexibility index (Phi) is 29.7. The second-order valence-electron chi connectivity index (χ2n) is 13.8. The number of thiazole rings is 4. The van der Waals surface area contributed by atoms with Gasteiger partial charge in [-0.1, -0.05) is 49.0 Å². The van der Waals surface area contributed by atoms with Crippen LogP contribution in [0.4, 0.5) is 0 Å². The van der Waals surface area contributed by atoms with Gasteiger partial charge < -0.3 is 15.3 Å². The standard InChI is InChI=1S/C8H11NO2S.C7H9NO2S.C7H11NS.C5H4NO2S.3C4H9.CH4.H2O.Sn/c1-5(2)6-4-12-7(9-6)8(10)11-3;1-4(2)5-3-11-6(8-5)7(9)10;1-5(2)7-4-9-6(3)8-7;1-8-5(7)4-6-2-3-9-4;3*1-3-4-2;;;/h4-5H,1-3H3;3-4H,1-2H3,(H,9,10);4-5H,1-3H3;3H,1H3;3*1,3-4H2,2H3;1H4;1H2;/p-1. The molecule has 0 aliphatic rings. The summed E-state index contributed by atoms with van der Waals surface area (Å²) in [6.45, 7) is 21.2. The number of ether oxygens (including phenoxy) is 2. The van der Waals surface area contributed by atoms with Crippen LogP contribution in [0.15, 0.2) is 21.5 Å². The van der Waals surface area contributed by atoms with Crippen LogP contribution in [0.1, 0.15) is 178 Å². The molecule has 56 heavy (non-hydrogen) atoms. The Labute approximate surface area is 356 Å². The van der Waals surface area contributed by atoms with E-state index >= 15 is 0 Å². The fourth-order valence-corrected chi connectivity index (χ4v) is 25.4. The van der Waals surface area contributed by atoms with Crippen LogP contribution in [0.2, 0.25) is 13.3 Å². The number of carboxylic acid groups (broad SMARTS) is 1. The van der Waals surface area contributed by atoms with E-state index in [1.165, 1.54) is 114 Å². The van der Waals surface area contributed by atoms with E-state index in [-0.39, 0.29) is 29.8 Å². The third kappa shape index (κ3) is 19.4. The number of hydrogen-bond donors (Lipinski definition) is 1. The Morgan fingerprint density at radius 1 is 0.625 bits per heavy atom. The van der Waals surface area contributed by atoms with Crippen LogP contribution in [0.25, 0.3) is 0 Å². The number of esters is 2. The molecule has 0 bridgehead atoms. The zero-order valence-corrected chi connectivity index (χ0v) is 40.9. The minimum atomic E-state index is -2.46. The van der Waals surface area contributed by atoms with Gasteiger partial charge in [0.1, 0.15) is 0 Å². The second kappa shape index (κ2) is 29.8. The Balaban J connectivity index is 0. The van der Waals surface area contributed by atoms with Crippen LogP contribution < -0.4 is 3.71 Å². The molecule has 4 heterocycles. The summed E-state index contributed by atoms with van der Waals surface area (Å²) in [4.78, 5) is 50.2. The Morgan fingerprint density at radius 2 is 0.982 bits per heavy atom. The molecule has 0 aromatic carbocycles. The first-order valence-corrected chi connectivity index (χ1v) is 29.8. The van der Waals surface area contributed by atoms with Crippen LogP contribution in [-0.2, 0) is 9.47 Å². The maximum atomic E-state index is 11.7. The monoisotopic (exact) mass is 963 g/mol. The molecule has 0 saturated heterocycles. The summed E-state index contributed by atoms with van der Waals surface area (Å²) in [5, 5.41) is 18.8. The van der Waals surface area contributed by atoms with Gasteiger partial charge in [-0.25, -0.2) is 24.5 Å². The van der Waals surface area contributed by atoms with Crippen molar-refractivity contribution in [3.63, 3.8) is 0 Å². The van der Waals surface area contributed by atoms with Crippen molar-refractivity contribution in [3.8, 4) is 0 Å². The molecule has 0 spiro atoms. The fourth-order valence-electron chi connectivity index (χ4n) is 5.03. The summed E-state index contributed by atoms with van der Waals surface area (Å²) >= 11 is 3.23. The summed E-state index contributed by atoms with van der Waals surface area (Å²) in [5.41, 5.74) is 3.02. The van der Waals surface area contributed by atoms with Crippen molar-refractivity contribution in [2.45, 2.75) is 146 Å². The van der Waals surface area contributed by atoms with Gasteiger partial charge >= 0.3 is 156 Å². The van der Waals surface area contributed by atoms with E-state index in [0.29, 0.717) is 27.8 Å². The smallest absolute Gasteiger partial charge is 0.367 e. The zero-order chi connectivity index (χ0) is 40.8.